The van der Waals surface area contributed by atoms with Crippen LogP contribution in [0.1, 0.15) is 0 Å². The number of nitrogens with zero attached hydrogens (tertiary/aromatic N) is 3. The van der Waals surface area contributed by atoms with Gasteiger partial charge in [0.15, 0.2) is 0 Å². The third-order valence-electron chi connectivity index (χ3n) is 4.59. The zero-order valence-electron chi connectivity index (χ0n) is 14.9. The fourth-order valence-electron chi connectivity index (χ4n) is 3.16. The minimum atomic E-state index is -0.566. The van der Waals surface area contributed by atoms with Crippen LogP contribution in [0.4, 0.5) is 4.39 Å². The van der Waals surface area contributed by atoms with Crippen molar-refractivity contribution in [3.05, 3.63) is 80.5 Å². The lowest BCUT2D eigenvalue weighted by atomic mass is 10.1. The number of methoxy groups -OCH3 is 1. The van der Waals surface area contributed by atoms with Crippen LogP contribution >= 0.6 is 11.6 Å². The van der Waals surface area contributed by atoms with E-state index in [1.54, 1.807) is 31.6 Å². The smallest absolute Gasteiger partial charge is 0.264 e. The van der Waals surface area contributed by atoms with Crippen molar-refractivity contribution in [3.8, 4) is 5.69 Å². The molecule has 0 fully saturated rings. The number of rotatable bonds is 4. The molecule has 3 heterocycles. The third-order valence-corrected chi connectivity index (χ3v) is 4.88. The summed E-state index contributed by atoms with van der Waals surface area (Å²) in [6.45, 7) is 0.786. The van der Waals surface area contributed by atoms with Crippen LogP contribution in [0.2, 0.25) is 5.02 Å². The maximum Gasteiger partial charge on any atom is 0.264 e. The van der Waals surface area contributed by atoms with E-state index in [-0.39, 0.29) is 21.5 Å². The summed E-state index contributed by atoms with van der Waals surface area (Å²) >= 11 is 5.84. The maximum absolute atomic E-state index is 13.4. The Labute approximate surface area is 163 Å². The average Bonchev–Trinajstić information content (AvgIpc) is 2.69. The Morgan fingerprint density at radius 2 is 1.93 bits per heavy atom. The molecular formula is C20H15ClFN3O3. The number of hydrogen-bond donors (Lipinski definition) is 0. The van der Waals surface area contributed by atoms with Crippen LogP contribution in [-0.4, -0.2) is 27.8 Å². The standard InChI is InChI=1S/C20H15ClFN3O3/c1-28-9-8-24-6-5-17-18(20(24)27)13-4-7-25(19(26)14(13)11-23-17)12-2-3-16(22)15(21)10-12/h2-7,10-11H,8-9H2,1H3. The van der Waals surface area contributed by atoms with Gasteiger partial charge in [-0.25, -0.2) is 4.39 Å². The molecule has 28 heavy (non-hydrogen) atoms. The second-order valence-corrected chi connectivity index (χ2v) is 6.65. The van der Waals surface area contributed by atoms with Crippen molar-refractivity contribution in [2.75, 3.05) is 13.7 Å². The number of benzene rings is 1. The Bertz CT molecular complexity index is 1330. The summed E-state index contributed by atoms with van der Waals surface area (Å²) in [5.74, 6) is -0.566. The second kappa shape index (κ2) is 7.18. The number of pyridine rings is 3. The molecule has 4 aromatic rings. The number of fused-ring (bicyclic) bond motifs is 3. The van der Waals surface area contributed by atoms with Gasteiger partial charge in [-0.15, -0.1) is 0 Å². The van der Waals surface area contributed by atoms with Crippen molar-refractivity contribution in [2.45, 2.75) is 6.54 Å². The first-order chi connectivity index (χ1) is 13.5. The zero-order chi connectivity index (χ0) is 19.8. The molecule has 0 aliphatic heterocycles. The first kappa shape index (κ1) is 18.3. The maximum atomic E-state index is 13.4. The summed E-state index contributed by atoms with van der Waals surface area (Å²) in [4.78, 5) is 30.2. The van der Waals surface area contributed by atoms with Gasteiger partial charge in [-0.05, 0) is 30.3 Å². The van der Waals surface area contributed by atoms with E-state index in [0.29, 0.717) is 35.1 Å². The van der Waals surface area contributed by atoms with Gasteiger partial charge in [0.05, 0.1) is 33.6 Å². The van der Waals surface area contributed by atoms with Gasteiger partial charge < -0.3 is 9.30 Å². The Hall–Kier alpha value is -3.03. The van der Waals surface area contributed by atoms with Gasteiger partial charge in [0, 0.05) is 37.6 Å². The lowest BCUT2D eigenvalue weighted by Crippen LogP contribution is -2.23. The quantitative estimate of drug-likeness (QED) is 0.494. The van der Waals surface area contributed by atoms with Gasteiger partial charge in [-0.2, -0.15) is 0 Å². The summed E-state index contributed by atoms with van der Waals surface area (Å²) in [5.41, 5.74) is 0.313. The van der Waals surface area contributed by atoms with Crippen LogP contribution in [0.15, 0.2) is 58.5 Å². The minimum absolute atomic E-state index is 0.0813. The fraction of sp³-hybridized carbons (Fsp3) is 0.150. The van der Waals surface area contributed by atoms with Crippen molar-refractivity contribution in [2.24, 2.45) is 0 Å². The first-order valence-electron chi connectivity index (χ1n) is 8.49. The molecule has 0 saturated carbocycles. The zero-order valence-corrected chi connectivity index (χ0v) is 15.6. The predicted octanol–water partition coefficient (Wildman–Crippen LogP) is 3.14. The highest BCUT2D eigenvalue weighted by Gasteiger charge is 2.13. The first-order valence-corrected chi connectivity index (χ1v) is 8.87. The molecule has 0 radical (unpaired) electrons. The highest BCUT2D eigenvalue weighted by Crippen LogP contribution is 2.21. The van der Waals surface area contributed by atoms with Crippen molar-refractivity contribution in [1.29, 1.82) is 0 Å². The monoisotopic (exact) mass is 399 g/mol. The summed E-state index contributed by atoms with van der Waals surface area (Å²) in [5, 5.41) is 1.09. The molecule has 0 amide bonds. The molecule has 0 spiro atoms. The largest absolute Gasteiger partial charge is 0.383 e. The highest BCUT2D eigenvalue weighted by atomic mass is 35.5. The summed E-state index contributed by atoms with van der Waals surface area (Å²) in [6, 6.07) is 7.44. The van der Waals surface area contributed by atoms with Crippen molar-refractivity contribution in [3.63, 3.8) is 0 Å². The van der Waals surface area contributed by atoms with E-state index < -0.39 is 5.82 Å². The molecule has 6 nitrogen and oxygen atoms in total. The third kappa shape index (κ3) is 2.98. The fourth-order valence-corrected chi connectivity index (χ4v) is 3.33. The highest BCUT2D eigenvalue weighted by molar-refractivity contribution is 6.30. The summed E-state index contributed by atoms with van der Waals surface area (Å²) in [6.07, 6.45) is 4.64. The van der Waals surface area contributed by atoms with Gasteiger partial charge in [-0.3, -0.25) is 19.1 Å². The van der Waals surface area contributed by atoms with Crippen LogP contribution < -0.4 is 11.1 Å². The van der Waals surface area contributed by atoms with Gasteiger partial charge in [0.2, 0.25) is 0 Å². The van der Waals surface area contributed by atoms with E-state index in [1.165, 1.54) is 33.5 Å². The van der Waals surface area contributed by atoms with Crippen LogP contribution in [0.5, 0.6) is 0 Å². The van der Waals surface area contributed by atoms with Crippen LogP contribution in [0.3, 0.4) is 0 Å². The number of halogens is 2. The second-order valence-electron chi connectivity index (χ2n) is 6.24. The summed E-state index contributed by atoms with van der Waals surface area (Å²) in [7, 11) is 1.56. The van der Waals surface area contributed by atoms with E-state index in [9.17, 15) is 14.0 Å². The predicted molar refractivity (Wildman–Crippen MR) is 106 cm³/mol. The minimum Gasteiger partial charge on any atom is -0.383 e. The molecule has 0 bridgehead atoms. The van der Waals surface area contributed by atoms with Crippen molar-refractivity contribution in [1.82, 2.24) is 14.1 Å². The normalized spacial score (nSPS) is 11.4. The number of hydrogen-bond acceptors (Lipinski definition) is 4. The molecule has 0 aliphatic carbocycles. The lowest BCUT2D eigenvalue weighted by molar-refractivity contribution is 0.186. The SMILES string of the molecule is COCCn1ccc2ncc3c(=O)n(-c4ccc(F)c(Cl)c4)ccc3c2c1=O. The number of ether oxygens (including phenoxy) is 1. The molecule has 0 saturated heterocycles. The van der Waals surface area contributed by atoms with Gasteiger partial charge in [0.1, 0.15) is 5.82 Å². The Kier molecular flexibility index (Phi) is 4.70. The van der Waals surface area contributed by atoms with Crippen molar-refractivity contribution < 1.29 is 9.13 Å². The molecule has 0 aliphatic rings. The van der Waals surface area contributed by atoms with E-state index in [1.807, 2.05) is 0 Å². The molecule has 0 unspecified atom stereocenters. The van der Waals surface area contributed by atoms with Crippen LogP contribution in [0, 0.1) is 5.82 Å². The topological polar surface area (TPSA) is 66.1 Å². The van der Waals surface area contributed by atoms with E-state index >= 15 is 0 Å². The molecule has 0 N–H and O–H groups in total. The molecule has 4 rings (SSSR count). The van der Waals surface area contributed by atoms with Gasteiger partial charge in [-0.1, -0.05) is 11.6 Å². The molecule has 0 atom stereocenters. The molecule has 3 aromatic heterocycles. The lowest BCUT2D eigenvalue weighted by Gasteiger charge is -2.10. The number of aromatic nitrogens is 3. The molecular weight excluding hydrogens is 385 g/mol. The van der Waals surface area contributed by atoms with Gasteiger partial charge in [0.25, 0.3) is 11.1 Å². The van der Waals surface area contributed by atoms with Crippen LogP contribution in [-0.2, 0) is 11.3 Å². The van der Waals surface area contributed by atoms with Gasteiger partial charge >= 0.3 is 0 Å². The van der Waals surface area contributed by atoms with Crippen molar-refractivity contribution >= 4 is 33.3 Å². The van der Waals surface area contributed by atoms with E-state index in [2.05, 4.69) is 4.98 Å². The molecule has 142 valence electrons. The van der Waals surface area contributed by atoms with E-state index in [0.717, 1.165) is 0 Å². The average molecular weight is 400 g/mol. The summed E-state index contributed by atoms with van der Waals surface area (Å²) < 4.78 is 21.3. The molecule has 1 aromatic carbocycles. The van der Waals surface area contributed by atoms with Crippen LogP contribution in [0.25, 0.3) is 27.4 Å². The molecule has 8 heteroatoms. The van der Waals surface area contributed by atoms with E-state index in [4.69, 9.17) is 16.3 Å². The Morgan fingerprint density at radius 1 is 1.11 bits per heavy atom. The Morgan fingerprint density at radius 3 is 2.68 bits per heavy atom. The Balaban J connectivity index is 1.97.